The van der Waals surface area contributed by atoms with E-state index in [4.69, 9.17) is 9.47 Å². The number of carbonyl (C=O) groups is 2. The average Bonchev–Trinajstić information content (AvgIpc) is 2.49. The molecule has 1 aromatic rings. The molecule has 0 saturated heterocycles. The molecule has 1 aliphatic rings. The molecule has 6 heteroatoms. The van der Waals surface area contributed by atoms with Crippen molar-refractivity contribution >= 4 is 11.8 Å². The van der Waals surface area contributed by atoms with Crippen LogP contribution in [-0.4, -0.2) is 31.6 Å². The van der Waals surface area contributed by atoms with Gasteiger partial charge in [0.15, 0.2) is 11.5 Å². The second-order valence-corrected chi connectivity index (χ2v) is 6.19. The third-order valence-corrected chi connectivity index (χ3v) is 3.19. The normalized spacial score (nSPS) is 13.4. The lowest BCUT2D eigenvalue weighted by atomic mass is 9.96. The molecule has 2 rings (SSSR count). The van der Waals surface area contributed by atoms with Gasteiger partial charge in [0, 0.05) is 12.0 Å². The molecule has 1 heterocycles. The summed E-state index contributed by atoms with van der Waals surface area (Å²) in [6, 6.07) is 5.56. The molecule has 0 aliphatic carbocycles. The Morgan fingerprint density at radius 3 is 2.45 bits per heavy atom. The van der Waals surface area contributed by atoms with E-state index in [0.29, 0.717) is 25.5 Å². The van der Waals surface area contributed by atoms with Crippen LogP contribution in [0.4, 0.5) is 0 Å². The van der Waals surface area contributed by atoms with E-state index in [1.807, 2.05) is 18.2 Å². The first kappa shape index (κ1) is 16.1. The quantitative estimate of drug-likeness (QED) is 0.877. The van der Waals surface area contributed by atoms with Gasteiger partial charge < -0.3 is 20.1 Å². The van der Waals surface area contributed by atoms with Crippen LogP contribution < -0.4 is 20.1 Å². The smallest absolute Gasteiger partial charge is 0.239 e. The van der Waals surface area contributed by atoms with Crippen molar-refractivity contribution in [1.82, 2.24) is 10.6 Å². The zero-order valence-electron chi connectivity index (χ0n) is 13.2. The van der Waals surface area contributed by atoms with Gasteiger partial charge in [0.2, 0.25) is 11.8 Å². The van der Waals surface area contributed by atoms with Gasteiger partial charge in [-0.05, 0) is 17.7 Å². The van der Waals surface area contributed by atoms with Crippen molar-refractivity contribution in [3.05, 3.63) is 23.8 Å². The number of nitrogens with one attached hydrogen (secondary N) is 2. The molecule has 120 valence electrons. The zero-order chi connectivity index (χ0) is 16.2. The first-order chi connectivity index (χ1) is 10.4. The van der Waals surface area contributed by atoms with Crippen molar-refractivity contribution < 1.29 is 19.1 Å². The lowest BCUT2D eigenvalue weighted by molar-refractivity contribution is -0.131. The topological polar surface area (TPSA) is 76.7 Å². The Hall–Kier alpha value is -2.24. The molecule has 0 fully saturated rings. The number of hydrogen-bond donors (Lipinski definition) is 2. The zero-order valence-corrected chi connectivity index (χ0v) is 13.2. The first-order valence-electron chi connectivity index (χ1n) is 7.30. The minimum atomic E-state index is -0.504. The van der Waals surface area contributed by atoms with Gasteiger partial charge in [0.25, 0.3) is 0 Å². The lowest BCUT2D eigenvalue weighted by Gasteiger charge is -2.19. The average molecular weight is 306 g/mol. The number of amides is 2. The number of carbonyl (C=O) groups excluding carboxylic acids is 2. The molecule has 0 aromatic heterocycles. The second kappa shape index (κ2) is 6.68. The van der Waals surface area contributed by atoms with Crippen LogP contribution in [0.25, 0.3) is 0 Å². The maximum absolute atomic E-state index is 11.8. The number of ether oxygens (including phenoxy) is 2. The van der Waals surface area contributed by atoms with E-state index >= 15 is 0 Å². The fourth-order valence-electron chi connectivity index (χ4n) is 1.89. The highest BCUT2D eigenvalue weighted by Gasteiger charge is 2.21. The van der Waals surface area contributed by atoms with Crippen LogP contribution in [0.15, 0.2) is 18.2 Å². The molecule has 0 bridgehead atoms. The molecule has 1 aliphatic heterocycles. The van der Waals surface area contributed by atoms with Gasteiger partial charge in [-0.25, -0.2) is 0 Å². The summed E-state index contributed by atoms with van der Waals surface area (Å²) in [4.78, 5) is 23.4. The highest BCUT2D eigenvalue weighted by molar-refractivity contribution is 5.87. The predicted molar refractivity (Wildman–Crippen MR) is 81.7 cm³/mol. The summed E-state index contributed by atoms with van der Waals surface area (Å²) in [5.74, 6) is 1.03. The summed E-state index contributed by atoms with van der Waals surface area (Å²) in [7, 11) is 0. The van der Waals surface area contributed by atoms with E-state index in [2.05, 4.69) is 10.6 Å². The molecule has 0 spiro atoms. The van der Waals surface area contributed by atoms with Crippen molar-refractivity contribution in [3.8, 4) is 11.5 Å². The van der Waals surface area contributed by atoms with Crippen LogP contribution in [0, 0.1) is 5.41 Å². The Bertz CT molecular complexity index is 564. The highest BCUT2D eigenvalue weighted by Crippen LogP contribution is 2.30. The Morgan fingerprint density at radius 1 is 1.09 bits per heavy atom. The van der Waals surface area contributed by atoms with E-state index in [1.165, 1.54) is 0 Å². The Kier molecular flexibility index (Phi) is 4.90. The lowest BCUT2D eigenvalue weighted by Crippen LogP contribution is -2.41. The summed E-state index contributed by atoms with van der Waals surface area (Å²) in [6.45, 7) is 6.83. The largest absolute Gasteiger partial charge is 0.486 e. The van der Waals surface area contributed by atoms with Crippen LogP contribution in [-0.2, 0) is 16.1 Å². The summed E-state index contributed by atoms with van der Waals surface area (Å²) in [5, 5.41) is 5.38. The minimum absolute atomic E-state index is 0.0271. The summed E-state index contributed by atoms with van der Waals surface area (Å²) in [6.07, 6.45) is 0. The molecular weight excluding hydrogens is 284 g/mol. The van der Waals surface area contributed by atoms with Gasteiger partial charge in [-0.2, -0.15) is 0 Å². The fourth-order valence-corrected chi connectivity index (χ4v) is 1.89. The highest BCUT2D eigenvalue weighted by atomic mass is 16.6. The van der Waals surface area contributed by atoms with E-state index in [1.54, 1.807) is 20.8 Å². The van der Waals surface area contributed by atoms with Gasteiger partial charge >= 0.3 is 0 Å². The van der Waals surface area contributed by atoms with Crippen molar-refractivity contribution in [2.45, 2.75) is 27.3 Å². The second-order valence-electron chi connectivity index (χ2n) is 6.19. The molecule has 1 aromatic carbocycles. The first-order valence-corrected chi connectivity index (χ1v) is 7.30. The SMILES string of the molecule is CC(C)(C)C(=O)NCC(=O)NCc1ccc2c(c1)OCCO2. The predicted octanol–water partition coefficient (Wildman–Crippen LogP) is 1.24. The number of benzene rings is 1. The summed E-state index contributed by atoms with van der Waals surface area (Å²) < 4.78 is 10.9. The van der Waals surface area contributed by atoms with Crippen LogP contribution >= 0.6 is 0 Å². The van der Waals surface area contributed by atoms with Gasteiger partial charge in [0.1, 0.15) is 13.2 Å². The van der Waals surface area contributed by atoms with Gasteiger partial charge in [-0.1, -0.05) is 26.8 Å². The summed E-state index contributed by atoms with van der Waals surface area (Å²) >= 11 is 0. The van der Waals surface area contributed by atoms with Crippen LogP contribution in [0.1, 0.15) is 26.3 Å². The standard InChI is InChI=1S/C16H22N2O4/c1-16(2,3)15(20)18-10-14(19)17-9-11-4-5-12-13(8-11)22-7-6-21-12/h4-5,8H,6-7,9-10H2,1-3H3,(H,17,19)(H,18,20). The Labute approximate surface area is 130 Å². The van der Waals surface area contributed by atoms with Crippen LogP contribution in [0.5, 0.6) is 11.5 Å². The summed E-state index contributed by atoms with van der Waals surface area (Å²) in [5.41, 5.74) is 0.413. The van der Waals surface area contributed by atoms with Gasteiger partial charge in [-0.3, -0.25) is 9.59 Å². The van der Waals surface area contributed by atoms with Crippen LogP contribution in [0.3, 0.4) is 0 Å². The minimum Gasteiger partial charge on any atom is -0.486 e. The molecular formula is C16H22N2O4. The van der Waals surface area contributed by atoms with Crippen molar-refractivity contribution in [2.24, 2.45) is 5.41 Å². The fraction of sp³-hybridized carbons (Fsp3) is 0.500. The van der Waals surface area contributed by atoms with Crippen molar-refractivity contribution in [2.75, 3.05) is 19.8 Å². The van der Waals surface area contributed by atoms with E-state index in [9.17, 15) is 9.59 Å². The molecule has 22 heavy (non-hydrogen) atoms. The molecule has 0 atom stereocenters. The molecule has 2 amide bonds. The third kappa shape index (κ3) is 4.38. The van der Waals surface area contributed by atoms with Crippen molar-refractivity contribution in [1.29, 1.82) is 0 Å². The van der Waals surface area contributed by atoms with Gasteiger partial charge in [-0.15, -0.1) is 0 Å². The molecule has 0 radical (unpaired) electrons. The molecule has 0 saturated carbocycles. The number of rotatable bonds is 4. The number of hydrogen-bond acceptors (Lipinski definition) is 4. The van der Waals surface area contributed by atoms with Gasteiger partial charge in [0.05, 0.1) is 6.54 Å². The van der Waals surface area contributed by atoms with Crippen molar-refractivity contribution in [3.63, 3.8) is 0 Å². The number of fused-ring (bicyclic) bond motifs is 1. The molecule has 6 nitrogen and oxygen atoms in total. The maximum Gasteiger partial charge on any atom is 0.239 e. The maximum atomic E-state index is 11.8. The molecule has 2 N–H and O–H groups in total. The third-order valence-electron chi connectivity index (χ3n) is 3.19. The van der Waals surface area contributed by atoms with E-state index < -0.39 is 5.41 Å². The van der Waals surface area contributed by atoms with E-state index in [0.717, 1.165) is 11.3 Å². The Morgan fingerprint density at radius 2 is 1.77 bits per heavy atom. The monoisotopic (exact) mass is 306 g/mol. The molecule has 0 unspecified atom stereocenters. The van der Waals surface area contributed by atoms with Crippen LogP contribution in [0.2, 0.25) is 0 Å². The Balaban J connectivity index is 1.80. The van der Waals surface area contributed by atoms with E-state index in [-0.39, 0.29) is 18.4 Å².